The Morgan fingerprint density at radius 3 is 2.40 bits per heavy atom. The largest absolute Gasteiger partial charge is 0.409 e. The van der Waals surface area contributed by atoms with E-state index in [1.165, 1.54) is 4.90 Å². The summed E-state index contributed by atoms with van der Waals surface area (Å²) in [7, 11) is -3.08. The zero-order valence-electron chi connectivity index (χ0n) is 12.0. The summed E-state index contributed by atoms with van der Waals surface area (Å²) in [6.45, 7) is 4.15. The van der Waals surface area contributed by atoms with Crippen LogP contribution in [0.1, 0.15) is 33.1 Å². The van der Waals surface area contributed by atoms with Crippen molar-refractivity contribution >= 4 is 21.6 Å². The summed E-state index contributed by atoms with van der Waals surface area (Å²) < 4.78 is 23.2. The molecule has 0 saturated carbocycles. The molecule has 20 heavy (non-hydrogen) atoms. The van der Waals surface area contributed by atoms with Crippen LogP contribution in [-0.2, 0) is 14.6 Å². The van der Waals surface area contributed by atoms with Crippen molar-refractivity contribution in [3.05, 3.63) is 0 Å². The first kappa shape index (κ1) is 16.7. The van der Waals surface area contributed by atoms with Gasteiger partial charge in [0.25, 0.3) is 0 Å². The van der Waals surface area contributed by atoms with Gasteiger partial charge in [0.2, 0.25) is 5.91 Å². The monoisotopic (exact) mass is 305 g/mol. The molecule has 0 spiro atoms. The molecule has 0 atom stereocenters. The van der Waals surface area contributed by atoms with Gasteiger partial charge < -0.3 is 15.8 Å². The molecule has 1 heterocycles. The van der Waals surface area contributed by atoms with Crippen molar-refractivity contribution < 1.29 is 18.4 Å². The molecule has 0 aliphatic carbocycles. The first-order valence-corrected chi connectivity index (χ1v) is 8.63. The van der Waals surface area contributed by atoms with Crippen LogP contribution in [-0.4, -0.2) is 54.9 Å². The van der Waals surface area contributed by atoms with E-state index < -0.39 is 15.3 Å². The minimum atomic E-state index is -3.08. The topological polar surface area (TPSA) is 113 Å². The van der Waals surface area contributed by atoms with Crippen LogP contribution in [0.4, 0.5) is 0 Å². The number of amidine groups is 1. The predicted molar refractivity (Wildman–Crippen MR) is 76.3 cm³/mol. The van der Waals surface area contributed by atoms with Crippen molar-refractivity contribution in [3.8, 4) is 0 Å². The quantitative estimate of drug-likeness (QED) is 0.333. The van der Waals surface area contributed by atoms with Crippen LogP contribution < -0.4 is 5.73 Å². The minimum Gasteiger partial charge on any atom is -0.409 e. The highest BCUT2D eigenvalue weighted by atomic mass is 32.2. The number of rotatable bonds is 4. The number of carbonyl (C=O) groups is 1. The highest BCUT2D eigenvalue weighted by Crippen LogP contribution is 2.30. The molecule has 0 unspecified atom stereocenters. The van der Waals surface area contributed by atoms with Gasteiger partial charge in [0.15, 0.2) is 15.7 Å². The summed E-state index contributed by atoms with van der Waals surface area (Å²) in [4.78, 5) is 14.2. The van der Waals surface area contributed by atoms with Gasteiger partial charge in [-0.2, -0.15) is 0 Å². The zero-order chi connectivity index (χ0) is 15.4. The molecule has 1 amide bonds. The lowest BCUT2D eigenvalue weighted by Crippen LogP contribution is -2.51. The third-order valence-electron chi connectivity index (χ3n) is 4.06. The number of hydrogen-bond acceptors (Lipinski definition) is 5. The maximum atomic E-state index is 12.7. The van der Waals surface area contributed by atoms with E-state index >= 15 is 0 Å². The molecule has 0 radical (unpaired) electrons. The van der Waals surface area contributed by atoms with Crippen LogP contribution in [0, 0.1) is 5.41 Å². The van der Waals surface area contributed by atoms with E-state index in [2.05, 4.69) is 5.16 Å². The van der Waals surface area contributed by atoms with E-state index in [4.69, 9.17) is 10.9 Å². The number of nitrogens with zero attached hydrogens (tertiary/aromatic N) is 2. The number of carbonyl (C=O) groups excluding carboxylic acids is 1. The molecule has 116 valence electrons. The first-order chi connectivity index (χ1) is 9.33. The second-order valence-electron chi connectivity index (χ2n) is 5.07. The molecule has 1 aliphatic heterocycles. The molecule has 0 aromatic heterocycles. The number of sulfone groups is 1. The number of nitrogens with two attached hydrogens (primary N) is 1. The summed E-state index contributed by atoms with van der Waals surface area (Å²) >= 11 is 0. The maximum absolute atomic E-state index is 12.7. The molecule has 1 aliphatic rings. The molecular weight excluding hydrogens is 282 g/mol. The van der Waals surface area contributed by atoms with E-state index in [0.717, 1.165) is 0 Å². The fraction of sp³-hybridized carbons (Fsp3) is 0.833. The Bertz CT molecular complexity index is 483. The second kappa shape index (κ2) is 6.43. The third-order valence-corrected chi connectivity index (χ3v) is 5.77. The lowest BCUT2D eigenvalue weighted by atomic mass is 9.79. The first-order valence-electron chi connectivity index (χ1n) is 6.80. The van der Waals surface area contributed by atoms with Crippen molar-refractivity contribution in [2.24, 2.45) is 16.3 Å². The second-order valence-corrected chi connectivity index (χ2v) is 7.38. The Hall–Kier alpha value is -1.31. The summed E-state index contributed by atoms with van der Waals surface area (Å²) in [6.07, 6.45) is 1.23. The maximum Gasteiger partial charge on any atom is 0.236 e. The summed E-state index contributed by atoms with van der Waals surface area (Å²) in [5.41, 5.74) is 4.65. The Morgan fingerprint density at radius 1 is 1.30 bits per heavy atom. The van der Waals surface area contributed by atoms with Crippen LogP contribution >= 0.6 is 0 Å². The lowest BCUT2D eigenvalue weighted by Gasteiger charge is -2.34. The molecular formula is C12H23N3O4S. The minimum absolute atomic E-state index is 0.0293. The van der Waals surface area contributed by atoms with Crippen molar-refractivity contribution in [2.75, 3.05) is 24.6 Å². The molecule has 1 rings (SSSR count). The van der Waals surface area contributed by atoms with Gasteiger partial charge in [0.1, 0.15) is 5.41 Å². The van der Waals surface area contributed by atoms with Crippen molar-refractivity contribution in [3.63, 3.8) is 0 Å². The number of oxime groups is 1. The van der Waals surface area contributed by atoms with Gasteiger partial charge in [-0.25, -0.2) is 8.42 Å². The zero-order valence-corrected chi connectivity index (χ0v) is 12.8. The third kappa shape index (κ3) is 3.23. The van der Waals surface area contributed by atoms with E-state index in [9.17, 15) is 13.2 Å². The Kier molecular flexibility index (Phi) is 5.38. The predicted octanol–water partition coefficient (Wildman–Crippen LogP) is 0.186. The average Bonchev–Trinajstić information content (AvgIpc) is 2.61. The molecule has 1 fully saturated rings. The highest BCUT2D eigenvalue weighted by Gasteiger charge is 2.43. The van der Waals surface area contributed by atoms with Crippen molar-refractivity contribution in [1.29, 1.82) is 0 Å². The van der Waals surface area contributed by atoms with E-state index in [1.54, 1.807) is 13.8 Å². The summed E-state index contributed by atoms with van der Waals surface area (Å²) in [5.74, 6) is -0.293. The lowest BCUT2D eigenvalue weighted by molar-refractivity contribution is -0.138. The summed E-state index contributed by atoms with van der Waals surface area (Å²) in [6, 6.07) is 0. The smallest absolute Gasteiger partial charge is 0.236 e. The van der Waals surface area contributed by atoms with Gasteiger partial charge in [-0.15, -0.1) is 0 Å². The van der Waals surface area contributed by atoms with Crippen molar-refractivity contribution in [1.82, 2.24) is 4.90 Å². The van der Waals surface area contributed by atoms with Crippen LogP contribution in [0.2, 0.25) is 0 Å². The van der Waals surface area contributed by atoms with E-state index in [-0.39, 0.29) is 29.8 Å². The molecule has 1 saturated heterocycles. The number of hydrogen-bond donors (Lipinski definition) is 2. The van der Waals surface area contributed by atoms with Gasteiger partial charge in [0.05, 0.1) is 11.5 Å². The normalized spacial score (nSPS) is 20.5. The molecule has 3 N–H and O–H groups in total. The van der Waals surface area contributed by atoms with Crippen molar-refractivity contribution in [2.45, 2.75) is 33.1 Å². The Morgan fingerprint density at radius 2 is 1.90 bits per heavy atom. The van der Waals surface area contributed by atoms with E-state index in [0.29, 0.717) is 25.8 Å². The highest BCUT2D eigenvalue weighted by molar-refractivity contribution is 7.91. The molecule has 0 bridgehead atoms. The Balaban J connectivity index is 3.02. The van der Waals surface area contributed by atoms with Gasteiger partial charge >= 0.3 is 0 Å². The van der Waals surface area contributed by atoms with E-state index in [1.807, 2.05) is 0 Å². The fourth-order valence-corrected chi connectivity index (χ4v) is 3.84. The van der Waals surface area contributed by atoms with Gasteiger partial charge in [-0.1, -0.05) is 19.0 Å². The standard InChI is InChI=1S/C12H23N3O4S/c1-3-12(4-2,10(13)14-17)11(16)15-6-5-8-20(18,19)9-7-15/h17H,3-9H2,1-2H3,(H2,13,14). The van der Waals surface area contributed by atoms with Crippen LogP contribution in [0.5, 0.6) is 0 Å². The SMILES string of the molecule is CCC(CC)(C(=O)N1CCCS(=O)(=O)CC1)C(N)=NO. The summed E-state index contributed by atoms with van der Waals surface area (Å²) in [5, 5.41) is 11.9. The fourth-order valence-electron chi connectivity index (χ4n) is 2.56. The van der Waals surface area contributed by atoms with Gasteiger partial charge in [0, 0.05) is 13.1 Å². The molecule has 7 nitrogen and oxygen atoms in total. The average molecular weight is 305 g/mol. The molecule has 0 aromatic carbocycles. The van der Waals surface area contributed by atoms with Gasteiger partial charge in [-0.3, -0.25) is 4.79 Å². The van der Waals surface area contributed by atoms with Crippen LogP contribution in [0.25, 0.3) is 0 Å². The number of amides is 1. The molecule has 8 heteroatoms. The Labute approximate surface area is 119 Å². The van der Waals surface area contributed by atoms with Crippen LogP contribution in [0.3, 0.4) is 0 Å². The molecule has 0 aromatic rings. The van der Waals surface area contributed by atoms with Gasteiger partial charge in [-0.05, 0) is 19.3 Å². The van der Waals surface area contributed by atoms with Crippen LogP contribution in [0.15, 0.2) is 5.16 Å².